The number of aliphatic carboxylic acids is 1. The highest BCUT2D eigenvalue weighted by Gasteiger charge is 2.25. The zero-order chi connectivity index (χ0) is 12.3. The molecule has 0 aliphatic carbocycles. The number of halogens is 1. The molecule has 0 aliphatic heterocycles. The molecule has 6 heteroatoms. The highest BCUT2D eigenvalue weighted by atomic mass is 19.1. The predicted octanol–water partition coefficient (Wildman–Crippen LogP) is 0.176. The average Bonchev–Trinajstić information content (AvgIpc) is 2.25. The number of nitrogens with zero attached hydrogens (tertiary/aromatic N) is 1. The molecule has 2 atom stereocenters. The van der Waals surface area contributed by atoms with Crippen molar-refractivity contribution in [1.29, 1.82) is 5.26 Å². The van der Waals surface area contributed by atoms with Gasteiger partial charge in [-0.1, -0.05) is 0 Å². The standard InChI is InChI=1S/C10H8FNO4/c11-7-2-5(4-12)1-6(3-7)8(13)9(14)10(15)16/h1-3,8-9,13-14H,(H,15,16). The first kappa shape index (κ1) is 12.1. The van der Waals surface area contributed by atoms with Gasteiger partial charge in [0.1, 0.15) is 11.9 Å². The normalized spacial score (nSPS) is 13.9. The van der Waals surface area contributed by atoms with Gasteiger partial charge >= 0.3 is 5.97 Å². The molecule has 0 bridgehead atoms. The van der Waals surface area contributed by atoms with E-state index in [4.69, 9.17) is 15.5 Å². The van der Waals surface area contributed by atoms with Crippen LogP contribution in [0.5, 0.6) is 0 Å². The molecule has 0 spiro atoms. The van der Waals surface area contributed by atoms with Crippen LogP contribution in [0.15, 0.2) is 18.2 Å². The van der Waals surface area contributed by atoms with E-state index in [-0.39, 0.29) is 11.1 Å². The highest BCUT2D eigenvalue weighted by Crippen LogP contribution is 2.19. The third-order valence-corrected chi connectivity index (χ3v) is 1.94. The second-order valence-corrected chi connectivity index (χ2v) is 3.11. The third-order valence-electron chi connectivity index (χ3n) is 1.94. The van der Waals surface area contributed by atoms with E-state index in [1.165, 1.54) is 0 Å². The molecule has 0 heterocycles. The summed E-state index contributed by atoms with van der Waals surface area (Å²) in [6, 6.07) is 4.55. The Kier molecular flexibility index (Phi) is 3.55. The summed E-state index contributed by atoms with van der Waals surface area (Å²) in [5.74, 6) is -2.42. The zero-order valence-electron chi connectivity index (χ0n) is 7.96. The number of benzene rings is 1. The largest absolute Gasteiger partial charge is 0.479 e. The van der Waals surface area contributed by atoms with E-state index in [1.54, 1.807) is 6.07 Å². The van der Waals surface area contributed by atoms with Crippen molar-refractivity contribution in [1.82, 2.24) is 0 Å². The summed E-state index contributed by atoms with van der Waals surface area (Å²) < 4.78 is 12.9. The fraction of sp³-hybridized carbons (Fsp3) is 0.200. The molecular weight excluding hydrogens is 217 g/mol. The number of hydrogen-bond acceptors (Lipinski definition) is 4. The molecule has 16 heavy (non-hydrogen) atoms. The first-order chi connectivity index (χ1) is 7.45. The monoisotopic (exact) mass is 225 g/mol. The van der Waals surface area contributed by atoms with Crippen LogP contribution in [0.2, 0.25) is 0 Å². The van der Waals surface area contributed by atoms with Crippen molar-refractivity contribution in [3.8, 4) is 6.07 Å². The lowest BCUT2D eigenvalue weighted by Crippen LogP contribution is -2.27. The van der Waals surface area contributed by atoms with Gasteiger partial charge in [0, 0.05) is 0 Å². The molecule has 1 aromatic rings. The van der Waals surface area contributed by atoms with E-state index in [0.717, 1.165) is 18.2 Å². The van der Waals surface area contributed by atoms with E-state index in [2.05, 4.69) is 0 Å². The van der Waals surface area contributed by atoms with Gasteiger partial charge in [-0.25, -0.2) is 9.18 Å². The van der Waals surface area contributed by atoms with Crippen LogP contribution in [0.25, 0.3) is 0 Å². The Bertz CT molecular complexity index is 455. The second-order valence-electron chi connectivity index (χ2n) is 3.11. The fourth-order valence-corrected chi connectivity index (χ4v) is 1.16. The minimum Gasteiger partial charge on any atom is -0.479 e. The quantitative estimate of drug-likeness (QED) is 0.680. The number of carboxylic acids is 1. The maximum absolute atomic E-state index is 12.9. The van der Waals surface area contributed by atoms with Crippen molar-refractivity contribution in [3.63, 3.8) is 0 Å². The Hall–Kier alpha value is -1.97. The van der Waals surface area contributed by atoms with Crippen LogP contribution >= 0.6 is 0 Å². The molecule has 2 unspecified atom stereocenters. The number of carboxylic acid groups (broad SMARTS) is 1. The molecule has 0 fully saturated rings. The molecule has 0 amide bonds. The van der Waals surface area contributed by atoms with Gasteiger partial charge < -0.3 is 15.3 Å². The summed E-state index contributed by atoms with van der Waals surface area (Å²) in [7, 11) is 0. The number of rotatable bonds is 3. The maximum atomic E-state index is 12.9. The van der Waals surface area contributed by atoms with Crippen molar-refractivity contribution >= 4 is 5.97 Å². The second kappa shape index (κ2) is 4.70. The summed E-state index contributed by atoms with van der Waals surface area (Å²) in [6.07, 6.45) is -3.84. The Morgan fingerprint density at radius 3 is 2.50 bits per heavy atom. The van der Waals surface area contributed by atoms with E-state index >= 15 is 0 Å². The summed E-state index contributed by atoms with van der Waals surface area (Å²) in [6.45, 7) is 0. The SMILES string of the molecule is N#Cc1cc(F)cc(C(O)C(O)C(=O)O)c1. The van der Waals surface area contributed by atoms with Gasteiger partial charge in [-0.05, 0) is 23.8 Å². The molecule has 0 saturated heterocycles. The molecule has 0 aromatic heterocycles. The van der Waals surface area contributed by atoms with Gasteiger partial charge in [0.05, 0.1) is 11.6 Å². The Labute approximate surface area is 90.0 Å². The van der Waals surface area contributed by atoms with Crippen LogP contribution in [0.4, 0.5) is 4.39 Å². The lowest BCUT2D eigenvalue weighted by Gasteiger charge is -2.14. The molecule has 84 valence electrons. The van der Waals surface area contributed by atoms with E-state index in [1.807, 2.05) is 0 Å². The van der Waals surface area contributed by atoms with Gasteiger partial charge in [0.25, 0.3) is 0 Å². The fourth-order valence-electron chi connectivity index (χ4n) is 1.16. The van der Waals surface area contributed by atoms with E-state index in [0.29, 0.717) is 0 Å². The highest BCUT2D eigenvalue weighted by molar-refractivity contribution is 5.73. The van der Waals surface area contributed by atoms with Crippen molar-refractivity contribution in [3.05, 3.63) is 35.1 Å². The number of hydrogen-bond donors (Lipinski definition) is 3. The topological polar surface area (TPSA) is 102 Å². The molecule has 0 radical (unpaired) electrons. The average molecular weight is 225 g/mol. The Morgan fingerprint density at radius 2 is 2.00 bits per heavy atom. The minimum absolute atomic E-state index is 0.0633. The van der Waals surface area contributed by atoms with Crippen LogP contribution in [-0.2, 0) is 4.79 Å². The molecule has 1 aromatic carbocycles. The minimum atomic E-state index is -2.06. The van der Waals surface area contributed by atoms with Crippen molar-refractivity contribution in [2.45, 2.75) is 12.2 Å². The van der Waals surface area contributed by atoms with E-state index in [9.17, 15) is 14.3 Å². The van der Waals surface area contributed by atoms with Crippen LogP contribution in [0, 0.1) is 17.1 Å². The van der Waals surface area contributed by atoms with Crippen molar-refractivity contribution < 1.29 is 24.5 Å². The molecule has 5 nitrogen and oxygen atoms in total. The molecule has 3 N–H and O–H groups in total. The van der Waals surface area contributed by atoms with Gasteiger partial charge in [-0.3, -0.25) is 0 Å². The van der Waals surface area contributed by atoms with Crippen LogP contribution in [0.3, 0.4) is 0 Å². The number of carbonyl (C=O) groups is 1. The smallest absolute Gasteiger partial charge is 0.335 e. The summed E-state index contributed by atoms with van der Waals surface area (Å²) >= 11 is 0. The predicted molar refractivity (Wildman–Crippen MR) is 49.7 cm³/mol. The van der Waals surface area contributed by atoms with Gasteiger partial charge in [-0.15, -0.1) is 0 Å². The first-order valence-electron chi connectivity index (χ1n) is 4.25. The lowest BCUT2D eigenvalue weighted by molar-refractivity contribution is -0.153. The Balaban J connectivity index is 3.09. The van der Waals surface area contributed by atoms with Gasteiger partial charge in [-0.2, -0.15) is 5.26 Å². The molecule has 0 aliphatic rings. The number of nitriles is 1. The van der Waals surface area contributed by atoms with E-state index < -0.39 is 24.0 Å². The molecular formula is C10H8FNO4. The molecule has 1 rings (SSSR count). The third kappa shape index (κ3) is 2.53. The summed E-state index contributed by atoms with van der Waals surface area (Å²) in [4.78, 5) is 10.4. The maximum Gasteiger partial charge on any atom is 0.335 e. The van der Waals surface area contributed by atoms with Crippen molar-refractivity contribution in [2.24, 2.45) is 0 Å². The lowest BCUT2D eigenvalue weighted by atomic mass is 10.0. The van der Waals surface area contributed by atoms with Gasteiger partial charge in [0.2, 0.25) is 0 Å². The summed E-state index contributed by atoms with van der Waals surface area (Å²) in [5.41, 5.74) is -0.224. The van der Waals surface area contributed by atoms with Crippen LogP contribution in [-0.4, -0.2) is 27.4 Å². The number of aliphatic hydroxyl groups excluding tert-OH is 2. The van der Waals surface area contributed by atoms with Crippen LogP contribution in [0.1, 0.15) is 17.2 Å². The summed E-state index contributed by atoms with van der Waals surface area (Å²) in [5, 5.41) is 35.4. The molecule has 0 saturated carbocycles. The van der Waals surface area contributed by atoms with Crippen LogP contribution < -0.4 is 0 Å². The Morgan fingerprint density at radius 1 is 1.38 bits per heavy atom. The van der Waals surface area contributed by atoms with Gasteiger partial charge in [0.15, 0.2) is 6.10 Å². The first-order valence-corrected chi connectivity index (χ1v) is 4.25. The van der Waals surface area contributed by atoms with Crippen molar-refractivity contribution in [2.75, 3.05) is 0 Å². The number of aliphatic hydroxyl groups is 2. The zero-order valence-corrected chi connectivity index (χ0v) is 7.96.